The number of hydrogen-bond donors (Lipinski definition) is 2. The molecule has 17 heavy (non-hydrogen) atoms. The molecule has 1 aromatic carbocycles. The summed E-state index contributed by atoms with van der Waals surface area (Å²) in [7, 11) is 0. The van der Waals surface area contributed by atoms with Crippen molar-refractivity contribution in [2.45, 2.75) is 6.54 Å². The van der Waals surface area contributed by atoms with Crippen molar-refractivity contribution in [1.29, 1.82) is 0 Å². The van der Waals surface area contributed by atoms with Crippen LogP contribution in [0.4, 0.5) is 0 Å². The lowest BCUT2D eigenvalue weighted by molar-refractivity contribution is -0.112. The maximum atomic E-state index is 5.65. The van der Waals surface area contributed by atoms with Gasteiger partial charge in [-0.05, 0) is 34.9 Å². The largest absolute Gasteiger partial charge is 0.326 e. The molecule has 0 saturated heterocycles. The summed E-state index contributed by atoms with van der Waals surface area (Å²) in [4.78, 5) is 5.13. The van der Waals surface area contributed by atoms with Crippen LogP contribution in [-0.2, 0) is 11.5 Å². The number of nitrogens with two attached hydrogens (primary N) is 1. The third kappa shape index (κ3) is 1.84. The highest BCUT2D eigenvalue weighted by Crippen LogP contribution is 2.26. The zero-order valence-electron chi connectivity index (χ0n) is 9.26. The Morgan fingerprint density at radius 3 is 3.18 bits per heavy atom. The van der Waals surface area contributed by atoms with E-state index in [1.54, 1.807) is 5.06 Å². The first kappa shape index (κ1) is 10.1. The number of hydroxylamine groups is 3. The molecule has 0 radical (unpaired) electrons. The van der Waals surface area contributed by atoms with E-state index in [-0.39, 0.29) is 0 Å². The first-order valence-electron chi connectivity index (χ1n) is 5.48. The summed E-state index contributed by atoms with van der Waals surface area (Å²) in [6.45, 7) is 0.560. The maximum Gasteiger partial charge on any atom is 0.0900 e. The smallest absolute Gasteiger partial charge is 0.0900 e. The molecule has 0 aromatic heterocycles. The lowest BCUT2D eigenvalue weighted by Crippen LogP contribution is -2.15. The standard InChI is InChI=1S/C13H13N3O/c14-8-10-2-1-3-11(6-10)12-4-5-16-13(7-12)9-15-17-16/h1-7,9,15H,8,14H2. The molecule has 0 atom stereocenters. The van der Waals surface area contributed by atoms with Gasteiger partial charge in [-0.2, -0.15) is 4.94 Å². The Morgan fingerprint density at radius 2 is 2.29 bits per heavy atom. The molecule has 4 heteroatoms. The molecule has 0 fully saturated rings. The highest BCUT2D eigenvalue weighted by Gasteiger charge is 2.16. The zero-order valence-corrected chi connectivity index (χ0v) is 9.26. The van der Waals surface area contributed by atoms with E-state index in [0.717, 1.165) is 22.4 Å². The second kappa shape index (κ2) is 4.08. The SMILES string of the molecule is NCc1cccc(C2=CC3=CNON3C=C2)c1. The van der Waals surface area contributed by atoms with Gasteiger partial charge in [0.25, 0.3) is 0 Å². The van der Waals surface area contributed by atoms with Gasteiger partial charge in [-0.3, -0.25) is 0 Å². The van der Waals surface area contributed by atoms with Crippen molar-refractivity contribution in [3.05, 3.63) is 65.6 Å². The van der Waals surface area contributed by atoms with Crippen LogP contribution in [0, 0.1) is 0 Å². The van der Waals surface area contributed by atoms with Gasteiger partial charge in [0.05, 0.1) is 11.9 Å². The second-order valence-corrected chi connectivity index (χ2v) is 3.92. The van der Waals surface area contributed by atoms with E-state index in [2.05, 4.69) is 23.7 Å². The molecule has 0 unspecified atom stereocenters. The third-order valence-electron chi connectivity index (χ3n) is 2.80. The van der Waals surface area contributed by atoms with Gasteiger partial charge >= 0.3 is 0 Å². The Hall–Kier alpha value is -2.04. The van der Waals surface area contributed by atoms with Crippen molar-refractivity contribution in [3.63, 3.8) is 0 Å². The lowest BCUT2D eigenvalue weighted by Gasteiger charge is -2.17. The van der Waals surface area contributed by atoms with E-state index in [0.29, 0.717) is 6.54 Å². The maximum absolute atomic E-state index is 5.65. The Kier molecular flexibility index (Phi) is 2.44. The third-order valence-corrected chi connectivity index (χ3v) is 2.80. The van der Waals surface area contributed by atoms with Gasteiger partial charge in [-0.25, -0.2) is 10.5 Å². The number of benzene rings is 1. The zero-order chi connectivity index (χ0) is 11.7. The predicted molar refractivity (Wildman–Crippen MR) is 65.6 cm³/mol. The minimum atomic E-state index is 0.560. The van der Waals surface area contributed by atoms with Crippen LogP contribution in [0.15, 0.2) is 54.5 Å². The molecule has 0 spiro atoms. The van der Waals surface area contributed by atoms with Crippen molar-refractivity contribution in [2.24, 2.45) is 5.73 Å². The summed E-state index contributed by atoms with van der Waals surface area (Å²) in [6, 6.07) is 8.24. The van der Waals surface area contributed by atoms with Crippen LogP contribution in [0.3, 0.4) is 0 Å². The number of rotatable bonds is 2. The summed E-state index contributed by atoms with van der Waals surface area (Å²) >= 11 is 0. The summed E-state index contributed by atoms with van der Waals surface area (Å²) in [5, 5.41) is 1.68. The van der Waals surface area contributed by atoms with Crippen molar-refractivity contribution < 1.29 is 4.94 Å². The van der Waals surface area contributed by atoms with E-state index in [9.17, 15) is 0 Å². The van der Waals surface area contributed by atoms with Crippen LogP contribution >= 0.6 is 0 Å². The van der Waals surface area contributed by atoms with Crippen LogP contribution in [0.25, 0.3) is 5.57 Å². The predicted octanol–water partition coefficient (Wildman–Crippen LogP) is 1.65. The monoisotopic (exact) mass is 227 g/mol. The molecule has 0 saturated carbocycles. The number of nitrogens with zero attached hydrogens (tertiary/aromatic N) is 1. The van der Waals surface area contributed by atoms with Gasteiger partial charge in [-0.15, -0.1) is 0 Å². The van der Waals surface area contributed by atoms with Crippen LogP contribution < -0.4 is 11.2 Å². The van der Waals surface area contributed by atoms with E-state index < -0.39 is 0 Å². The number of allylic oxidation sites excluding steroid dienone is 3. The minimum absolute atomic E-state index is 0.560. The van der Waals surface area contributed by atoms with Crippen LogP contribution in [0.1, 0.15) is 11.1 Å². The van der Waals surface area contributed by atoms with E-state index in [4.69, 9.17) is 10.7 Å². The first-order chi connectivity index (χ1) is 8.36. The molecule has 1 aromatic rings. The molecular formula is C13H13N3O. The Morgan fingerprint density at radius 1 is 1.35 bits per heavy atom. The van der Waals surface area contributed by atoms with Crippen molar-refractivity contribution >= 4 is 5.57 Å². The topological polar surface area (TPSA) is 50.5 Å². The highest BCUT2D eigenvalue weighted by atomic mass is 16.8. The second-order valence-electron chi connectivity index (χ2n) is 3.92. The van der Waals surface area contributed by atoms with Gasteiger partial charge in [0, 0.05) is 12.7 Å². The van der Waals surface area contributed by atoms with Crippen molar-refractivity contribution in [1.82, 2.24) is 10.5 Å². The van der Waals surface area contributed by atoms with Crippen LogP contribution in [0.2, 0.25) is 0 Å². The lowest BCUT2D eigenvalue weighted by atomic mass is 10.0. The number of nitrogens with one attached hydrogen (secondary N) is 1. The molecule has 2 aliphatic heterocycles. The number of hydrogen-bond acceptors (Lipinski definition) is 4. The Bertz CT molecular complexity index is 531. The van der Waals surface area contributed by atoms with Crippen molar-refractivity contribution in [2.75, 3.05) is 0 Å². The summed E-state index contributed by atoms with van der Waals surface area (Å²) in [5.74, 6) is 0. The molecular weight excluding hydrogens is 214 g/mol. The average molecular weight is 227 g/mol. The Labute approximate surface area is 99.6 Å². The average Bonchev–Trinajstić information content (AvgIpc) is 2.86. The van der Waals surface area contributed by atoms with Gasteiger partial charge in [0.15, 0.2) is 0 Å². The van der Waals surface area contributed by atoms with Gasteiger partial charge < -0.3 is 5.73 Å². The molecule has 4 nitrogen and oxygen atoms in total. The molecule has 0 amide bonds. The molecule has 0 bridgehead atoms. The molecule has 86 valence electrons. The quantitative estimate of drug-likeness (QED) is 0.806. The summed E-state index contributed by atoms with van der Waals surface area (Å²) in [5.41, 5.74) is 12.8. The van der Waals surface area contributed by atoms with E-state index in [1.165, 1.54) is 0 Å². The highest BCUT2D eigenvalue weighted by molar-refractivity contribution is 5.77. The fourth-order valence-corrected chi connectivity index (χ4v) is 1.89. The van der Waals surface area contributed by atoms with E-state index in [1.807, 2.05) is 30.6 Å². The van der Waals surface area contributed by atoms with Gasteiger partial charge in [-0.1, -0.05) is 18.2 Å². The number of fused-ring (bicyclic) bond motifs is 1. The molecule has 2 heterocycles. The van der Waals surface area contributed by atoms with Crippen molar-refractivity contribution in [3.8, 4) is 0 Å². The molecule has 3 rings (SSSR count). The summed E-state index contributed by atoms with van der Waals surface area (Å²) in [6.07, 6.45) is 7.78. The van der Waals surface area contributed by atoms with Gasteiger partial charge in [0.1, 0.15) is 0 Å². The summed E-state index contributed by atoms with van der Waals surface area (Å²) < 4.78 is 0. The van der Waals surface area contributed by atoms with Gasteiger partial charge in [0.2, 0.25) is 0 Å². The molecule has 2 aliphatic rings. The normalized spacial score (nSPS) is 17.4. The van der Waals surface area contributed by atoms with Crippen LogP contribution in [0.5, 0.6) is 0 Å². The van der Waals surface area contributed by atoms with Crippen LogP contribution in [-0.4, -0.2) is 5.06 Å². The fraction of sp³-hybridized carbons (Fsp3) is 0.0769. The van der Waals surface area contributed by atoms with E-state index >= 15 is 0 Å². The Balaban J connectivity index is 1.96. The minimum Gasteiger partial charge on any atom is -0.326 e. The first-order valence-corrected chi connectivity index (χ1v) is 5.48. The fourth-order valence-electron chi connectivity index (χ4n) is 1.89. The molecule has 3 N–H and O–H groups in total. The molecule has 0 aliphatic carbocycles.